The predicted octanol–water partition coefficient (Wildman–Crippen LogP) is 3.04. The van der Waals surface area contributed by atoms with Crippen molar-refractivity contribution in [2.75, 3.05) is 5.32 Å². The lowest BCUT2D eigenvalue weighted by Crippen LogP contribution is -2.31. The number of carbonyl (C=O) groups excluding carboxylic acids is 1. The van der Waals surface area contributed by atoms with E-state index in [9.17, 15) is 19.5 Å². The molecule has 0 aliphatic carbocycles. The first-order chi connectivity index (χ1) is 12.4. The summed E-state index contributed by atoms with van der Waals surface area (Å²) >= 11 is 11.8. The standard InChI is InChI=1S/C17H11Cl2N3O4/c18-9-5-6-13(12(19)7-9)20-14(23)8-22-16(24)11-4-2-1-3-10(11)15(21-22)17(25)26/h1-7H,8H2,(H,20,23)(H,25,26). The third-order valence-electron chi connectivity index (χ3n) is 3.57. The molecule has 0 spiro atoms. The van der Waals surface area contributed by atoms with Crippen LogP contribution in [0, 0.1) is 0 Å². The molecule has 132 valence electrons. The van der Waals surface area contributed by atoms with Gasteiger partial charge in [-0.1, -0.05) is 41.4 Å². The number of nitrogens with zero attached hydrogens (tertiary/aromatic N) is 2. The number of halogens is 2. The van der Waals surface area contributed by atoms with Gasteiger partial charge in [-0.2, -0.15) is 5.10 Å². The molecule has 2 N–H and O–H groups in total. The van der Waals surface area contributed by atoms with Gasteiger partial charge in [0.1, 0.15) is 6.54 Å². The third kappa shape index (κ3) is 3.54. The minimum Gasteiger partial charge on any atom is -0.476 e. The number of rotatable bonds is 4. The Kier molecular flexibility index (Phi) is 4.92. The first-order valence-corrected chi connectivity index (χ1v) is 8.10. The first-order valence-electron chi connectivity index (χ1n) is 7.35. The molecule has 0 fully saturated rings. The van der Waals surface area contributed by atoms with Gasteiger partial charge in [-0.15, -0.1) is 0 Å². The van der Waals surface area contributed by atoms with Crippen molar-refractivity contribution in [1.29, 1.82) is 0 Å². The number of nitrogens with one attached hydrogen (secondary N) is 1. The fourth-order valence-corrected chi connectivity index (χ4v) is 2.87. The second-order valence-electron chi connectivity index (χ2n) is 5.33. The van der Waals surface area contributed by atoms with Crippen LogP contribution in [0.15, 0.2) is 47.3 Å². The van der Waals surface area contributed by atoms with Gasteiger partial charge in [0, 0.05) is 10.4 Å². The van der Waals surface area contributed by atoms with Gasteiger partial charge in [0.25, 0.3) is 5.56 Å². The van der Waals surface area contributed by atoms with E-state index in [4.69, 9.17) is 23.2 Å². The summed E-state index contributed by atoms with van der Waals surface area (Å²) in [6.07, 6.45) is 0. The topological polar surface area (TPSA) is 101 Å². The minimum atomic E-state index is -1.30. The Morgan fingerprint density at radius 3 is 2.46 bits per heavy atom. The average molecular weight is 392 g/mol. The van der Waals surface area contributed by atoms with Crippen LogP contribution >= 0.6 is 23.2 Å². The molecular formula is C17H11Cl2N3O4. The van der Waals surface area contributed by atoms with Crippen molar-refractivity contribution in [3.8, 4) is 0 Å². The highest BCUT2D eigenvalue weighted by molar-refractivity contribution is 6.36. The normalized spacial score (nSPS) is 10.7. The number of amides is 1. The van der Waals surface area contributed by atoms with Gasteiger partial charge in [-0.05, 0) is 24.3 Å². The van der Waals surface area contributed by atoms with E-state index in [2.05, 4.69) is 10.4 Å². The van der Waals surface area contributed by atoms with Crippen molar-refractivity contribution in [2.24, 2.45) is 0 Å². The molecule has 0 unspecified atom stereocenters. The van der Waals surface area contributed by atoms with Gasteiger partial charge in [0.15, 0.2) is 5.69 Å². The Labute approximate surface area is 156 Å². The smallest absolute Gasteiger partial charge is 0.357 e. The number of aromatic nitrogens is 2. The number of aromatic carboxylic acids is 1. The van der Waals surface area contributed by atoms with E-state index in [0.29, 0.717) is 10.7 Å². The summed E-state index contributed by atoms with van der Waals surface area (Å²) in [6, 6.07) is 10.7. The molecule has 3 aromatic rings. The van der Waals surface area contributed by atoms with Crippen LogP contribution in [0.2, 0.25) is 10.0 Å². The van der Waals surface area contributed by atoms with Crippen LogP contribution in [0.5, 0.6) is 0 Å². The molecule has 0 bridgehead atoms. The van der Waals surface area contributed by atoms with Gasteiger partial charge in [-0.25, -0.2) is 9.48 Å². The molecule has 0 atom stereocenters. The molecule has 1 amide bonds. The lowest BCUT2D eigenvalue weighted by molar-refractivity contribution is -0.117. The summed E-state index contributed by atoms with van der Waals surface area (Å²) in [5.41, 5.74) is -0.561. The Morgan fingerprint density at radius 1 is 1.12 bits per heavy atom. The number of hydrogen-bond acceptors (Lipinski definition) is 4. The highest BCUT2D eigenvalue weighted by Gasteiger charge is 2.17. The van der Waals surface area contributed by atoms with Gasteiger partial charge in [0.2, 0.25) is 5.91 Å². The maximum Gasteiger partial charge on any atom is 0.357 e. The Bertz CT molecular complexity index is 1100. The van der Waals surface area contributed by atoms with Crippen LogP contribution in [0.3, 0.4) is 0 Å². The number of anilines is 1. The molecule has 0 aliphatic heterocycles. The van der Waals surface area contributed by atoms with Crippen LogP contribution in [-0.2, 0) is 11.3 Å². The van der Waals surface area contributed by atoms with E-state index < -0.39 is 24.0 Å². The van der Waals surface area contributed by atoms with E-state index in [1.807, 2.05) is 0 Å². The maximum atomic E-state index is 12.5. The second-order valence-corrected chi connectivity index (χ2v) is 6.18. The number of carboxylic acids is 1. The molecule has 9 heteroatoms. The monoisotopic (exact) mass is 391 g/mol. The SMILES string of the molecule is O=C(Cn1nc(C(=O)O)c2ccccc2c1=O)Nc1ccc(Cl)cc1Cl. The van der Waals surface area contributed by atoms with Crippen LogP contribution < -0.4 is 10.9 Å². The lowest BCUT2D eigenvalue weighted by atomic mass is 10.1. The van der Waals surface area contributed by atoms with Gasteiger partial charge < -0.3 is 10.4 Å². The Morgan fingerprint density at radius 2 is 1.81 bits per heavy atom. The van der Waals surface area contributed by atoms with Crippen molar-refractivity contribution in [1.82, 2.24) is 9.78 Å². The van der Waals surface area contributed by atoms with Gasteiger partial charge in [0.05, 0.1) is 16.1 Å². The molecule has 0 aliphatic rings. The van der Waals surface area contributed by atoms with E-state index in [1.54, 1.807) is 18.2 Å². The van der Waals surface area contributed by atoms with Gasteiger partial charge in [-0.3, -0.25) is 9.59 Å². The van der Waals surface area contributed by atoms with Crippen molar-refractivity contribution in [3.63, 3.8) is 0 Å². The zero-order valence-corrected chi connectivity index (χ0v) is 14.6. The summed E-state index contributed by atoms with van der Waals surface area (Å²) in [5.74, 6) is -1.88. The fourth-order valence-electron chi connectivity index (χ4n) is 2.42. The summed E-state index contributed by atoms with van der Waals surface area (Å²) < 4.78 is 0.810. The summed E-state index contributed by atoms with van der Waals surface area (Å²) in [6.45, 7) is -0.469. The lowest BCUT2D eigenvalue weighted by Gasteiger charge is -2.10. The predicted molar refractivity (Wildman–Crippen MR) is 98.1 cm³/mol. The van der Waals surface area contributed by atoms with Crippen LogP contribution in [-0.4, -0.2) is 26.8 Å². The molecule has 2 aromatic carbocycles. The zero-order chi connectivity index (χ0) is 18.8. The number of carbonyl (C=O) groups is 2. The molecule has 7 nitrogen and oxygen atoms in total. The quantitative estimate of drug-likeness (QED) is 0.711. The number of hydrogen-bond donors (Lipinski definition) is 2. The van der Waals surface area contributed by atoms with Crippen LogP contribution in [0.4, 0.5) is 5.69 Å². The molecule has 0 saturated heterocycles. The summed E-state index contributed by atoms with van der Waals surface area (Å²) in [7, 11) is 0. The molecular weight excluding hydrogens is 381 g/mol. The van der Waals surface area contributed by atoms with Crippen LogP contribution in [0.1, 0.15) is 10.5 Å². The van der Waals surface area contributed by atoms with E-state index in [0.717, 1.165) is 4.68 Å². The maximum absolute atomic E-state index is 12.5. The largest absolute Gasteiger partial charge is 0.476 e. The molecule has 1 heterocycles. The third-order valence-corrected chi connectivity index (χ3v) is 4.12. The van der Waals surface area contributed by atoms with E-state index in [1.165, 1.54) is 24.3 Å². The molecule has 3 rings (SSSR count). The van der Waals surface area contributed by atoms with Crippen molar-refractivity contribution < 1.29 is 14.7 Å². The summed E-state index contributed by atoms with van der Waals surface area (Å²) in [4.78, 5) is 36.1. The molecule has 0 radical (unpaired) electrons. The molecule has 1 aromatic heterocycles. The van der Waals surface area contributed by atoms with Crippen molar-refractivity contribution >= 4 is 51.5 Å². The van der Waals surface area contributed by atoms with Crippen molar-refractivity contribution in [3.05, 3.63) is 68.6 Å². The van der Waals surface area contributed by atoms with Crippen LogP contribution in [0.25, 0.3) is 10.8 Å². The molecule has 26 heavy (non-hydrogen) atoms. The van der Waals surface area contributed by atoms with E-state index in [-0.39, 0.29) is 21.5 Å². The first kappa shape index (κ1) is 17.9. The zero-order valence-electron chi connectivity index (χ0n) is 13.1. The number of carboxylic acid groups (broad SMARTS) is 1. The second kappa shape index (κ2) is 7.15. The minimum absolute atomic E-state index is 0.164. The molecule has 0 saturated carbocycles. The van der Waals surface area contributed by atoms with Gasteiger partial charge >= 0.3 is 5.97 Å². The highest BCUT2D eigenvalue weighted by atomic mass is 35.5. The number of benzene rings is 2. The fraction of sp³-hybridized carbons (Fsp3) is 0.0588. The Balaban J connectivity index is 1.95. The highest BCUT2D eigenvalue weighted by Crippen LogP contribution is 2.25. The Hall–Kier alpha value is -2.90. The average Bonchev–Trinajstić information content (AvgIpc) is 2.59. The van der Waals surface area contributed by atoms with E-state index >= 15 is 0 Å². The summed E-state index contributed by atoms with van der Waals surface area (Å²) in [5, 5.41) is 16.7. The number of fused-ring (bicyclic) bond motifs is 1. The van der Waals surface area contributed by atoms with Crippen molar-refractivity contribution in [2.45, 2.75) is 6.54 Å².